The normalized spacial score (nSPS) is 12.6. The van der Waals surface area contributed by atoms with Gasteiger partial charge in [-0.15, -0.1) is 0 Å². The molecule has 0 saturated carbocycles. The van der Waals surface area contributed by atoms with Crippen LogP contribution in [0.2, 0.25) is 0 Å². The molecule has 0 saturated heterocycles. The Morgan fingerprint density at radius 1 is 1.36 bits per heavy atom. The summed E-state index contributed by atoms with van der Waals surface area (Å²) in [7, 11) is -4.02. The van der Waals surface area contributed by atoms with E-state index in [1.807, 2.05) is 0 Å². The number of benzene rings is 1. The van der Waals surface area contributed by atoms with Gasteiger partial charge in [-0.25, -0.2) is 13.1 Å². The fourth-order valence-corrected chi connectivity index (χ4v) is 2.87. The molecule has 10 heteroatoms. The standard InChI is InChI=1S/C12H18N4O5S/c1-9(13)8-12(17)14-6-7-15-22(20,21)11-5-3-2-4-10(11)16(18)19/h2-5,9,15H,6-8,13H2,1H3,(H,14,17). The predicted octanol–water partition coefficient (Wildman–Crippen LogP) is -0.273. The summed E-state index contributed by atoms with van der Waals surface area (Å²) in [5.41, 5.74) is 4.95. The van der Waals surface area contributed by atoms with Gasteiger partial charge >= 0.3 is 0 Å². The summed E-state index contributed by atoms with van der Waals surface area (Å²) in [6.07, 6.45) is 0.136. The van der Waals surface area contributed by atoms with Crippen LogP contribution in [0.4, 0.5) is 5.69 Å². The first-order valence-electron chi connectivity index (χ1n) is 6.49. The Kier molecular flexibility index (Phi) is 6.40. The molecule has 0 bridgehead atoms. The maximum absolute atomic E-state index is 12.0. The molecule has 22 heavy (non-hydrogen) atoms. The topological polar surface area (TPSA) is 144 Å². The van der Waals surface area contributed by atoms with E-state index in [0.29, 0.717) is 0 Å². The summed E-state index contributed by atoms with van der Waals surface area (Å²) < 4.78 is 26.3. The van der Waals surface area contributed by atoms with Crippen molar-refractivity contribution >= 4 is 21.6 Å². The van der Waals surface area contributed by atoms with Crippen molar-refractivity contribution in [1.29, 1.82) is 0 Å². The second-order valence-electron chi connectivity index (χ2n) is 4.65. The summed E-state index contributed by atoms with van der Waals surface area (Å²) in [6.45, 7) is 1.65. The van der Waals surface area contributed by atoms with E-state index >= 15 is 0 Å². The smallest absolute Gasteiger partial charge is 0.289 e. The van der Waals surface area contributed by atoms with Crippen molar-refractivity contribution in [3.05, 3.63) is 34.4 Å². The van der Waals surface area contributed by atoms with Crippen LogP contribution in [-0.4, -0.2) is 38.4 Å². The molecule has 0 aromatic heterocycles. The lowest BCUT2D eigenvalue weighted by Gasteiger charge is -2.09. The van der Waals surface area contributed by atoms with Crippen molar-refractivity contribution in [3.8, 4) is 0 Å². The van der Waals surface area contributed by atoms with Gasteiger partial charge in [-0.2, -0.15) is 0 Å². The Bertz CT molecular complexity index is 645. The van der Waals surface area contributed by atoms with Gasteiger partial charge in [0.15, 0.2) is 4.90 Å². The van der Waals surface area contributed by atoms with Crippen LogP contribution in [-0.2, 0) is 14.8 Å². The zero-order valence-corrected chi connectivity index (χ0v) is 12.8. The van der Waals surface area contributed by atoms with Crippen LogP contribution in [0.15, 0.2) is 29.2 Å². The lowest BCUT2D eigenvalue weighted by molar-refractivity contribution is -0.387. The van der Waals surface area contributed by atoms with E-state index in [0.717, 1.165) is 12.1 Å². The number of carbonyl (C=O) groups is 1. The maximum atomic E-state index is 12.0. The summed E-state index contributed by atoms with van der Waals surface area (Å²) in [6, 6.07) is 4.74. The molecule has 1 atom stereocenters. The third-order valence-electron chi connectivity index (χ3n) is 2.60. The number of amides is 1. The fourth-order valence-electron chi connectivity index (χ4n) is 1.66. The van der Waals surface area contributed by atoms with Crippen LogP contribution >= 0.6 is 0 Å². The van der Waals surface area contributed by atoms with E-state index in [1.54, 1.807) is 6.92 Å². The number of hydrogen-bond acceptors (Lipinski definition) is 6. The first-order valence-corrected chi connectivity index (χ1v) is 7.97. The third kappa shape index (κ3) is 5.39. The highest BCUT2D eigenvalue weighted by Gasteiger charge is 2.24. The van der Waals surface area contributed by atoms with Gasteiger partial charge in [0.25, 0.3) is 5.69 Å². The van der Waals surface area contributed by atoms with E-state index < -0.39 is 25.5 Å². The highest BCUT2D eigenvalue weighted by Crippen LogP contribution is 2.22. The molecule has 1 amide bonds. The molecule has 0 fully saturated rings. The largest absolute Gasteiger partial charge is 0.355 e. The third-order valence-corrected chi connectivity index (χ3v) is 4.11. The minimum Gasteiger partial charge on any atom is -0.355 e. The van der Waals surface area contributed by atoms with Gasteiger partial charge in [-0.3, -0.25) is 14.9 Å². The summed E-state index contributed by atoms with van der Waals surface area (Å²) in [4.78, 5) is 21.0. The molecule has 0 spiro atoms. The van der Waals surface area contributed by atoms with E-state index in [-0.39, 0.29) is 31.5 Å². The van der Waals surface area contributed by atoms with Gasteiger partial charge in [0.2, 0.25) is 15.9 Å². The van der Waals surface area contributed by atoms with Crippen LogP contribution in [0, 0.1) is 10.1 Å². The monoisotopic (exact) mass is 330 g/mol. The van der Waals surface area contributed by atoms with Gasteiger partial charge < -0.3 is 11.1 Å². The summed E-state index contributed by atoms with van der Waals surface area (Å²) in [5, 5.41) is 13.3. The van der Waals surface area contributed by atoms with Crippen molar-refractivity contribution in [2.24, 2.45) is 5.73 Å². The Labute approximate surface area is 128 Å². The number of nitro benzene ring substituents is 1. The molecule has 9 nitrogen and oxygen atoms in total. The Morgan fingerprint density at radius 3 is 2.59 bits per heavy atom. The van der Waals surface area contributed by atoms with Crippen molar-refractivity contribution in [2.45, 2.75) is 24.3 Å². The van der Waals surface area contributed by atoms with E-state index in [9.17, 15) is 23.3 Å². The Morgan fingerprint density at radius 2 is 2.00 bits per heavy atom. The maximum Gasteiger partial charge on any atom is 0.289 e. The molecule has 4 N–H and O–H groups in total. The molecule has 1 rings (SSSR count). The van der Waals surface area contributed by atoms with Crippen LogP contribution in [0.3, 0.4) is 0 Å². The van der Waals surface area contributed by atoms with Crippen molar-refractivity contribution in [1.82, 2.24) is 10.0 Å². The second kappa shape index (κ2) is 7.82. The minimum atomic E-state index is -4.02. The summed E-state index contributed by atoms with van der Waals surface area (Å²) >= 11 is 0. The van der Waals surface area contributed by atoms with Crippen LogP contribution in [0.25, 0.3) is 0 Å². The van der Waals surface area contributed by atoms with Gasteiger partial charge in [0, 0.05) is 31.6 Å². The number of nitrogens with zero attached hydrogens (tertiary/aromatic N) is 1. The molecule has 0 aliphatic heterocycles. The molecule has 1 aromatic rings. The minimum absolute atomic E-state index is 0.0609. The SMILES string of the molecule is CC(N)CC(=O)NCCNS(=O)(=O)c1ccccc1[N+](=O)[O-]. The van der Waals surface area contributed by atoms with Crippen molar-refractivity contribution < 1.29 is 18.1 Å². The molecular formula is C12H18N4O5S. The predicted molar refractivity (Wildman–Crippen MR) is 79.6 cm³/mol. The van der Waals surface area contributed by atoms with Gasteiger partial charge in [0.1, 0.15) is 0 Å². The quantitative estimate of drug-likeness (QED) is 0.340. The van der Waals surface area contributed by atoms with Gasteiger partial charge in [-0.05, 0) is 13.0 Å². The number of carbonyl (C=O) groups excluding carboxylic acids is 1. The first kappa shape index (κ1) is 18.0. The average Bonchev–Trinajstić information content (AvgIpc) is 2.43. The van der Waals surface area contributed by atoms with Crippen molar-refractivity contribution in [2.75, 3.05) is 13.1 Å². The van der Waals surface area contributed by atoms with E-state index in [1.165, 1.54) is 12.1 Å². The zero-order chi connectivity index (χ0) is 16.8. The number of nitrogens with one attached hydrogen (secondary N) is 2. The molecule has 0 heterocycles. The Hall–Kier alpha value is -2.04. The highest BCUT2D eigenvalue weighted by molar-refractivity contribution is 7.89. The molecule has 0 radical (unpaired) electrons. The number of sulfonamides is 1. The van der Waals surface area contributed by atoms with Gasteiger partial charge in [-0.1, -0.05) is 12.1 Å². The van der Waals surface area contributed by atoms with E-state index in [2.05, 4.69) is 10.0 Å². The van der Waals surface area contributed by atoms with Crippen molar-refractivity contribution in [3.63, 3.8) is 0 Å². The lowest BCUT2D eigenvalue weighted by Crippen LogP contribution is -2.36. The van der Waals surface area contributed by atoms with Gasteiger partial charge in [0.05, 0.1) is 4.92 Å². The van der Waals surface area contributed by atoms with Crippen LogP contribution in [0.5, 0.6) is 0 Å². The van der Waals surface area contributed by atoms with E-state index in [4.69, 9.17) is 5.73 Å². The highest BCUT2D eigenvalue weighted by atomic mass is 32.2. The number of rotatable bonds is 8. The lowest BCUT2D eigenvalue weighted by atomic mass is 10.2. The molecule has 122 valence electrons. The summed E-state index contributed by atoms with van der Waals surface area (Å²) in [5.74, 6) is -0.292. The molecule has 0 aliphatic carbocycles. The number of nitro groups is 1. The average molecular weight is 330 g/mol. The number of hydrogen-bond donors (Lipinski definition) is 3. The molecule has 1 unspecified atom stereocenters. The number of para-hydroxylation sites is 1. The second-order valence-corrected chi connectivity index (χ2v) is 6.39. The van der Waals surface area contributed by atoms with Crippen LogP contribution < -0.4 is 15.8 Å². The first-order chi connectivity index (χ1) is 10.2. The Balaban J connectivity index is 2.62. The molecule has 1 aromatic carbocycles. The van der Waals surface area contributed by atoms with Crippen LogP contribution in [0.1, 0.15) is 13.3 Å². The molecular weight excluding hydrogens is 312 g/mol. The number of nitrogens with two attached hydrogens (primary N) is 1. The molecule has 0 aliphatic rings. The fraction of sp³-hybridized carbons (Fsp3) is 0.417. The zero-order valence-electron chi connectivity index (χ0n) is 12.0.